The van der Waals surface area contributed by atoms with Crippen molar-refractivity contribution in [3.8, 4) is 28.4 Å². The van der Waals surface area contributed by atoms with Crippen LogP contribution in [0.4, 0.5) is 14.4 Å². The maximum absolute atomic E-state index is 14.5. The third kappa shape index (κ3) is 13.1. The Balaban J connectivity index is 1.66. The molecule has 1 fully saturated rings. The Hall–Kier alpha value is -6.34. The van der Waals surface area contributed by atoms with Gasteiger partial charge in [-0.15, -0.1) is 0 Å². The molecule has 2 aliphatic heterocycles. The van der Waals surface area contributed by atoms with E-state index in [0.717, 1.165) is 15.8 Å². The van der Waals surface area contributed by atoms with Crippen LogP contribution in [0.3, 0.4) is 0 Å². The largest absolute Gasteiger partial charge is 0.507 e. The second-order valence-corrected chi connectivity index (χ2v) is 23.3. The van der Waals surface area contributed by atoms with E-state index in [-0.39, 0.29) is 66.9 Å². The highest BCUT2D eigenvalue weighted by molar-refractivity contribution is 6.76. The monoisotopic (exact) mass is 906 g/mol. The van der Waals surface area contributed by atoms with Crippen LogP contribution < -0.4 is 20.1 Å². The Kier molecular flexibility index (Phi) is 15.9. The number of amides is 5. The Labute approximate surface area is 373 Å². The van der Waals surface area contributed by atoms with Gasteiger partial charge in [-0.3, -0.25) is 14.5 Å². The summed E-state index contributed by atoms with van der Waals surface area (Å²) in [5.74, 6) is -2.56. The smallest absolute Gasteiger partial charge is 0.419 e. The third-order valence-corrected chi connectivity index (χ3v) is 11.8. The lowest BCUT2D eigenvalue weighted by Gasteiger charge is -2.30. The summed E-state index contributed by atoms with van der Waals surface area (Å²) in [7, 11) is 1.02. The van der Waals surface area contributed by atoms with Crippen molar-refractivity contribution in [2.75, 3.05) is 40.7 Å². The van der Waals surface area contributed by atoms with Gasteiger partial charge < -0.3 is 48.9 Å². The molecule has 5 rings (SSSR count). The fraction of sp³-hybridized carbons (Fsp3) is 0.467. The average molecular weight is 907 g/mol. The van der Waals surface area contributed by atoms with Crippen molar-refractivity contribution in [3.63, 3.8) is 0 Å². The molecule has 0 aromatic heterocycles. The van der Waals surface area contributed by atoms with Crippen LogP contribution in [0.2, 0.25) is 25.7 Å². The van der Waals surface area contributed by atoms with E-state index in [4.69, 9.17) is 33.2 Å². The van der Waals surface area contributed by atoms with Crippen molar-refractivity contribution >= 4 is 44.1 Å². The van der Waals surface area contributed by atoms with Crippen molar-refractivity contribution in [2.45, 2.75) is 96.2 Å². The third-order valence-electron chi connectivity index (χ3n) is 10.1. The van der Waals surface area contributed by atoms with Crippen molar-refractivity contribution in [2.24, 2.45) is 0 Å². The van der Waals surface area contributed by atoms with Gasteiger partial charge in [-0.2, -0.15) is 0 Å². The molecular formula is C45H58N4O14Si. The topological polar surface area (TPSA) is 218 Å². The summed E-state index contributed by atoms with van der Waals surface area (Å²) in [6, 6.07) is 13.3. The zero-order chi connectivity index (χ0) is 46.9. The summed E-state index contributed by atoms with van der Waals surface area (Å²) in [6.45, 7) is 12.4. The predicted molar refractivity (Wildman–Crippen MR) is 234 cm³/mol. The van der Waals surface area contributed by atoms with Crippen molar-refractivity contribution < 1.29 is 67.0 Å². The molecule has 4 bridgehead atoms. The van der Waals surface area contributed by atoms with Gasteiger partial charge in [0.25, 0.3) is 0 Å². The van der Waals surface area contributed by atoms with Gasteiger partial charge in [0, 0.05) is 39.3 Å². The number of carbonyl (C=O) groups is 6. The fourth-order valence-electron chi connectivity index (χ4n) is 6.66. The summed E-state index contributed by atoms with van der Waals surface area (Å²) in [5, 5.41) is 16.8. The van der Waals surface area contributed by atoms with Crippen LogP contribution in [0.15, 0.2) is 60.7 Å². The number of hydrogen-bond acceptors (Lipinski definition) is 14. The molecule has 2 aliphatic rings. The van der Waals surface area contributed by atoms with E-state index >= 15 is 0 Å². The second-order valence-electron chi connectivity index (χ2n) is 17.7. The van der Waals surface area contributed by atoms with E-state index in [1.54, 1.807) is 57.2 Å². The number of imide groups is 1. The van der Waals surface area contributed by atoms with Crippen LogP contribution in [0.1, 0.15) is 50.4 Å². The molecule has 19 heteroatoms. The molecule has 2 heterocycles. The molecule has 0 saturated carbocycles. The standard InChI is InChI=1S/C45H58N4O14Si/c1-27-39(51)47-34(41(53)57-6)20-29-15-16-35(50)32(19-29)33-21-30(37(40(52)46-27)48(5)42(54)60-24-28-13-11-10-12-14-28)22-36(38(33)61-26-58-17-18-64(7,8)9)59-25-31-23-49(43(55)62-31)44(56)63-45(2,3)4/h10-16,19,21-22,27,31,34,37,50H,17-18,20,23-26H2,1-9H3,(H,46,52)(H,47,51)/t27-,31-,34-,37-/m0/s1. The lowest BCUT2D eigenvalue weighted by atomic mass is 9.93. The van der Waals surface area contributed by atoms with Gasteiger partial charge in [0.05, 0.1) is 13.7 Å². The summed E-state index contributed by atoms with van der Waals surface area (Å²) in [4.78, 5) is 82.5. The van der Waals surface area contributed by atoms with Crippen molar-refractivity contribution in [1.29, 1.82) is 0 Å². The zero-order valence-electron chi connectivity index (χ0n) is 37.7. The number of fused-ring (bicyclic) bond motifs is 5. The van der Waals surface area contributed by atoms with Crippen LogP contribution in [-0.4, -0.2) is 124 Å². The minimum absolute atomic E-state index is 0.0317. The molecule has 0 radical (unpaired) electrons. The Morgan fingerprint density at radius 1 is 0.953 bits per heavy atom. The SMILES string of the molecule is COC(=O)[C@@H]1Cc2ccc(O)c(c2)-c2cc(cc(OC[C@@H]3CN(C(=O)OC(C)(C)C)C(=O)O3)c2OCOCC[Si](C)(C)C)[C@H](N(C)C(=O)OCc2ccccc2)C(=O)N[C@@H](C)C(=O)N1. The first-order valence-corrected chi connectivity index (χ1v) is 24.5. The molecule has 3 aromatic rings. The summed E-state index contributed by atoms with van der Waals surface area (Å²) < 4.78 is 40.2. The lowest BCUT2D eigenvalue weighted by Crippen LogP contribution is -2.53. The molecule has 5 amide bonds. The van der Waals surface area contributed by atoms with Gasteiger partial charge in [-0.05, 0) is 74.7 Å². The molecule has 0 spiro atoms. The first-order chi connectivity index (χ1) is 30.1. The van der Waals surface area contributed by atoms with E-state index in [1.165, 1.54) is 39.3 Å². The van der Waals surface area contributed by atoms with Crippen LogP contribution >= 0.6 is 0 Å². The molecule has 1 saturated heterocycles. The molecule has 18 nitrogen and oxygen atoms in total. The number of aromatic hydroxyl groups is 1. The fourth-order valence-corrected chi connectivity index (χ4v) is 7.42. The van der Waals surface area contributed by atoms with Crippen LogP contribution in [0.25, 0.3) is 11.1 Å². The Morgan fingerprint density at radius 3 is 2.34 bits per heavy atom. The number of benzene rings is 3. The van der Waals surface area contributed by atoms with E-state index < -0.39 is 74.0 Å². The van der Waals surface area contributed by atoms with Crippen LogP contribution in [0, 0.1) is 0 Å². The molecular weight excluding hydrogens is 849 g/mol. The maximum atomic E-state index is 14.5. The number of rotatable bonds is 13. The number of phenolic OH excluding ortho intramolecular Hbond substituents is 1. The predicted octanol–water partition coefficient (Wildman–Crippen LogP) is 5.91. The number of phenols is 1. The first kappa shape index (κ1) is 48.7. The minimum Gasteiger partial charge on any atom is -0.507 e. The number of hydrogen-bond donors (Lipinski definition) is 3. The van der Waals surface area contributed by atoms with E-state index in [0.29, 0.717) is 17.7 Å². The van der Waals surface area contributed by atoms with Gasteiger partial charge in [-0.25, -0.2) is 24.1 Å². The molecule has 3 N–H and O–H groups in total. The Morgan fingerprint density at radius 2 is 1.67 bits per heavy atom. The van der Waals surface area contributed by atoms with Gasteiger partial charge in [0.15, 0.2) is 24.4 Å². The molecule has 3 aromatic carbocycles. The molecule has 346 valence electrons. The number of likely N-dealkylation sites (N-methyl/N-ethyl adjacent to an activating group) is 1. The number of nitrogens with zero attached hydrogens (tertiary/aromatic N) is 2. The minimum atomic E-state index is -1.53. The Bertz CT molecular complexity index is 2190. The van der Waals surface area contributed by atoms with Gasteiger partial charge in [0.2, 0.25) is 11.8 Å². The number of nitrogens with one attached hydrogen (secondary N) is 2. The molecule has 0 unspecified atom stereocenters. The highest BCUT2D eigenvalue weighted by Crippen LogP contribution is 2.45. The van der Waals surface area contributed by atoms with Crippen molar-refractivity contribution in [1.82, 2.24) is 20.4 Å². The van der Waals surface area contributed by atoms with Gasteiger partial charge in [0.1, 0.15) is 42.7 Å². The average Bonchev–Trinajstić information content (AvgIpc) is 3.61. The summed E-state index contributed by atoms with van der Waals surface area (Å²) >= 11 is 0. The number of carbonyl (C=O) groups excluding carboxylic acids is 6. The van der Waals surface area contributed by atoms with Gasteiger partial charge in [-0.1, -0.05) is 56.0 Å². The highest BCUT2D eigenvalue weighted by atomic mass is 28.3. The quantitative estimate of drug-likeness (QED) is 0.0597. The number of esters is 1. The maximum Gasteiger partial charge on any atom is 0.419 e. The highest BCUT2D eigenvalue weighted by Gasteiger charge is 2.40. The van der Waals surface area contributed by atoms with Crippen LogP contribution in [-0.2, 0) is 51.1 Å². The lowest BCUT2D eigenvalue weighted by molar-refractivity contribution is -0.145. The normalized spacial score (nSPS) is 19.0. The van der Waals surface area contributed by atoms with E-state index in [2.05, 4.69) is 30.3 Å². The number of ether oxygens (including phenoxy) is 7. The molecule has 64 heavy (non-hydrogen) atoms. The van der Waals surface area contributed by atoms with Crippen LogP contribution in [0.5, 0.6) is 17.2 Å². The van der Waals surface area contributed by atoms with E-state index in [9.17, 15) is 33.9 Å². The number of cyclic esters (lactones) is 1. The molecule has 4 atom stereocenters. The summed E-state index contributed by atoms with van der Waals surface area (Å²) in [6.07, 6.45) is -3.82. The first-order valence-electron chi connectivity index (χ1n) is 20.8. The second kappa shape index (κ2) is 20.9. The number of methoxy groups -OCH3 is 1. The van der Waals surface area contributed by atoms with Gasteiger partial charge >= 0.3 is 24.2 Å². The summed E-state index contributed by atoms with van der Waals surface area (Å²) in [5.41, 5.74) is 0.727. The van der Waals surface area contributed by atoms with Crippen molar-refractivity contribution in [3.05, 3.63) is 77.4 Å². The van der Waals surface area contributed by atoms with E-state index in [1.807, 2.05) is 6.07 Å². The molecule has 0 aliphatic carbocycles. The zero-order valence-corrected chi connectivity index (χ0v) is 38.7.